The summed E-state index contributed by atoms with van der Waals surface area (Å²) >= 11 is 2.77. The molecule has 1 aromatic carbocycles. The third-order valence-corrected chi connectivity index (χ3v) is 6.33. The van der Waals surface area contributed by atoms with Gasteiger partial charge in [-0.1, -0.05) is 30.2 Å². The Labute approximate surface area is 170 Å². The molecule has 2 aromatic heterocycles. The lowest BCUT2D eigenvalue weighted by atomic mass is 10.2. The van der Waals surface area contributed by atoms with Crippen molar-refractivity contribution in [1.29, 1.82) is 0 Å². The van der Waals surface area contributed by atoms with Crippen LogP contribution in [0.25, 0.3) is 10.2 Å². The van der Waals surface area contributed by atoms with Crippen LogP contribution in [0, 0.1) is 6.92 Å². The van der Waals surface area contributed by atoms with E-state index in [1.165, 1.54) is 22.7 Å². The van der Waals surface area contributed by atoms with Crippen molar-refractivity contribution >= 4 is 55.1 Å². The van der Waals surface area contributed by atoms with Gasteiger partial charge in [0.25, 0.3) is 0 Å². The number of fused-ring (bicyclic) bond motifs is 1. The number of hydrogen-bond acceptors (Lipinski definition) is 6. The third-order valence-electron chi connectivity index (χ3n) is 4.59. The average Bonchev–Trinajstić information content (AvgIpc) is 3.36. The summed E-state index contributed by atoms with van der Waals surface area (Å²) in [6, 6.07) is 6.02. The Morgan fingerprint density at radius 1 is 1.14 bits per heavy atom. The summed E-state index contributed by atoms with van der Waals surface area (Å²) in [5.41, 5.74) is 2.66. The maximum Gasteiger partial charge on any atom is 0.321 e. The van der Waals surface area contributed by atoms with Crippen LogP contribution in [0.2, 0.25) is 0 Å². The van der Waals surface area contributed by atoms with E-state index in [-0.39, 0.29) is 24.4 Å². The highest BCUT2D eigenvalue weighted by molar-refractivity contribution is 7.22. The minimum absolute atomic E-state index is 0.136. The van der Waals surface area contributed by atoms with Gasteiger partial charge in [0, 0.05) is 11.4 Å². The summed E-state index contributed by atoms with van der Waals surface area (Å²) in [5, 5.41) is 11.4. The molecule has 28 heavy (non-hydrogen) atoms. The molecular formula is C19H21N5O2S2. The zero-order valence-electron chi connectivity index (χ0n) is 15.4. The predicted octanol–water partition coefficient (Wildman–Crippen LogP) is 4.31. The van der Waals surface area contributed by atoms with Gasteiger partial charge < -0.3 is 10.6 Å². The van der Waals surface area contributed by atoms with Gasteiger partial charge in [0.2, 0.25) is 5.91 Å². The first-order valence-corrected chi connectivity index (χ1v) is 10.9. The molecule has 1 fully saturated rings. The molecule has 2 heterocycles. The number of thiazole rings is 2. The summed E-state index contributed by atoms with van der Waals surface area (Å²) < 4.78 is 1.05. The zero-order chi connectivity index (χ0) is 19.5. The van der Waals surface area contributed by atoms with Crippen LogP contribution in [0.3, 0.4) is 0 Å². The summed E-state index contributed by atoms with van der Waals surface area (Å²) in [7, 11) is 0. The summed E-state index contributed by atoms with van der Waals surface area (Å²) in [5.74, 6) is -0.178. The van der Waals surface area contributed by atoms with Crippen molar-refractivity contribution < 1.29 is 9.59 Å². The lowest BCUT2D eigenvalue weighted by Gasteiger charge is -2.11. The van der Waals surface area contributed by atoms with Crippen molar-refractivity contribution in [2.75, 3.05) is 10.6 Å². The van der Waals surface area contributed by atoms with Crippen LogP contribution < -0.4 is 16.0 Å². The second-order valence-electron chi connectivity index (χ2n) is 6.94. The number of rotatable bonds is 5. The van der Waals surface area contributed by atoms with Crippen molar-refractivity contribution in [2.45, 2.75) is 45.1 Å². The molecule has 1 aliphatic carbocycles. The Balaban J connectivity index is 1.31. The Bertz CT molecular complexity index is 1010. The van der Waals surface area contributed by atoms with Crippen molar-refractivity contribution in [3.63, 3.8) is 0 Å². The molecule has 146 valence electrons. The van der Waals surface area contributed by atoms with Gasteiger partial charge in [-0.25, -0.2) is 14.8 Å². The SMILES string of the molecule is Cc1ccc2nc(NC(=O)Cc3csc(NC(=O)NC4CCCC4)n3)sc2c1. The molecule has 0 aliphatic heterocycles. The minimum atomic E-state index is -0.234. The number of aryl methyl sites for hydroxylation is 1. The van der Waals surface area contributed by atoms with Crippen LogP contribution in [-0.2, 0) is 11.2 Å². The standard InChI is InChI=1S/C19H21N5O2S2/c1-11-6-7-14-15(8-11)28-19(22-14)23-16(25)9-13-10-27-18(21-13)24-17(26)20-12-4-2-3-5-12/h6-8,10,12H,2-5,9H2,1H3,(H,22,23,25)(H2,20,21,24,26). The summed E-state index contributed by atoms with van der Waals surface area (Å²) in [6.07, 6.45) is 4.52. The highest BCUT2D eigenvalue weighted by atomic mass is 32.1. The first kappa shape index (κ1) is 18.8. The number of anilines is 2. The van der Waals surface area contributed by atoms with Crippen LogP contribution in [-0.4, -0.2) is 27.9 Å². The smallest absolute Gasteiger partial charge is 0.321 e. The normalized spacial score (nSPS) is 14.3. The van der Waals surface area contributed by atoms with E-state index in [9.17, 15) is 9.59 Å². The average molecular weight is 416 g/mol. The van der Waals surface area contributed by atoms with Gasteiger partial charge >= 0.3 is 6.03 Å². The van der Waals surface area contributed by atoms with Crippen molar-refractivity contribution in [2.24, 2.45) is 0 Å². The molecule has 0 spiro atoms. The fraction of sp³-hybridized carbons (Fsp3) is 0.368. The molecule has 1 saturated carbocycles. The number of amides is 3. The van der Waals surface area contributed by atoms with Gasteiger partial charge in [-0.2, -0.15) is 0 Å². The number of aromatic nitrogens is 2. The monoisotopic (exact) mass is 415 g/mol. The zero-order valence-corrected chi connectivity index (χ0v) is 17.1. The molecule has 0 unspecified atom stereocenters. The van der Waals surface area contributed by atoms with E-state index >= 15 is 0 Å². The number of carbonyl (C=O) groups excluding carboxylic acids is 2. The van der Waals surface area contributed by atoms with Crippen LogP contribution in [0.1, 0.15) is 36.9 Å². The Morgan fingerprint density at radius 3 is 2.79 bits per heavy atom. The van der Waals surface area contributed by atoms with Gasteiger partial charge in [0.05, 0.1) is 22.3 Å². The highest BCUT2D eigenvalue weighted by Gasteiger charge is 2.18. The van der Waals surface area contributed by atoms with Crippen LogP contribution in [0.15, 0.2) is 23.6 Å². The van der Waals surface area contributed by atoms with Crippen molar-refractivity contribution in [3.8, 4) is 0 Å². The molecule has 4 rings (SSSR count). The van der Waals surface area contributed by atoms with E-state index in [1.807, 2.05) is 19.1 Å². The quantitative estimate of drug-likeness (QED) is 0.579. The molecule has 7 nitrogen and oxygen atoms in total. The van der Waals surface area contributed by atoms with E-state index in [4.69, 9.17) is 0 Å². The fourth-order valence-electron chi connectivity index (χ4n) is 3.25. The molecule has 9 heteroatoms. The second-order valence-corrected chi connectivity index (χ2v) is 8.83. The maximum atomic E-state index is 12.3. The van der Waals surface area contributed by atoms with Crippen LogP contribution >= 0.6 is 22.7 Å². The number of benzene rings is 1. The van der Waals surface area contributed by atoms with Gasteiger partial charge in [-0.15, -0.1) is 11.3 Å². The number of nitrogens with zero attached hydrogens (tertiary/aromatic N) is 2. The number of carbonyl (C=O) groups is 2. The first-order chi connectivity index (χ1) is 13.5. The highest BCUT2D eigenvalue weighted by Crippen LogP contribution is 2.27. The molecule has 0 radical (unpaired) electrons. The third kappa shape index (κ3) is 4.66. The van der Waals surface area contributed by atoms with E-state index in [0.29, 0.717) is 16.0 Å². The topological polar surface area (TPSA) is 96.0 Å². The van der Waals surface area contributed by atoms with Crippen LogP contribution in [0.4, 0.5) is 15.1 Å². The van der Waals surface area contributed by atoms with Gasteiger partial charge in [-0.05, 0) is 37.5 Å². The Kier molecular flexibility index (Phi) is 5.54. The lowest BCUT2D eigenvalue weighted by Crippen LogP contribution is -2.36. The Hall–Kier alpha value is -2.52. The molecular weight excluding hydrogens is 394 g/mol. The molecule has 0 bridgehead atoms. The molecule has 1 aliphatic rings. The Morgan fingerprint density at radius 2 is 1.96 bits per heavy atom. The van der Waals surface area contributed by atoms with Crippen molar-refractivity contribution in [3.05, 3.63) is 34.8 Å². The van der Waals surface area contributed by atoms with Gasteiger partial charge in [0.1, 0.15) is 0 Å². The predicted molar refractivity (Wildman–Crippen MR) is 113 cm³/mol. The molecule has 3 N–H and O–H groups in total. The van der Waals surface area contributed by atoms with Crippen LogP contribution in [0.5, 0.6) is 0 Å². The molecule has 0 saturated heterocycles. The van der Waals surface area contributed by atoms with E-state index in [0.717, 1.165) is 41.5 Å². The maximum absolute atomic E-state index is 12.3. The number of nitrogens with one attached hydrogen (secondary N) is 3. The second kappa shape index (κ2) is 8.24. The van der Waals surface area contributed by atoms with Gasteiger partial charge in [0.15, 0.2) is 10.3 Å². The molecule has 0 atom stereocenters. The largest absolute Gasteiger partial charge is 0.335 e. The number of hydrogen-bond donors (Lipinski definition) is 3. The first-order valence-electron chi connectivity index (χ1n) is 9.24. The van der Waals surface area contributed by atoms with E-state index < -0.39 is 0 Å². The summed E-state index contributed by atoms with van der Waals surface area (Å²) in [6.45, 7) is 2.03. The van der Waals surface area contributed by atoms with Crippen molar-refractivity contribution in [1.82, 2.24) is 15.3 Å². The molecule has 3 aromatic rings. The minimum Gasteiger partial charge on any atom is -0.335 e. The van der Waals surface area contributed by atoms with E-state index in [2.05, 4.69) is 32.0 Å². The lowest BCUT2D eigenvalue weighted by molar-refractivity contribution is -0.115. The number of urea groups is 1. The molecule has 3 amide bonds. The van der Waals surface area contributed by atoms with E-state index in [1.54, 1.807) is 5.38 Å². The fourth-order valence-corrected chi connectivity index (χ4v) is 4.93. The summed E-state index contributed by atoms with van der Waals surface area (Å²) in [4.78, 5) is 33.1. The van der Waals surface area contributed by atoms with Gasteiger partial charge in [-0.3, -0.25) is 10.1 Å².